The highest BCUT2D eigenvalue weighted by molar-refractivity contribution is 14.0. The SMILES string of the molecule is CCN1CCN(c2ccc(CN=C(N)N3CCCCC3)cn2)CC1.I. The Morgan fingerprint density at radius 1 is 1.08 bits per heavy atom. The number of rotatable bonds is 4. The molecule has 25 heavy (non-hydrogen) atoms. The number of anilines is 1. The van der Waals surface area contributed by atoms with Gasteiger partial charge in [-0.05, 0) is 37.4 Å². The first-order chi connectivity index (χ1) is 11.8. The molecule has 3 rings (SSSR count). The van der Waals surface area contributed by atoms with Crippen LogP contribution in [0.15, 0.2) is 23.3 Å². The number of piperidine rings is 1. The average molecular weight is 458 g/mol. The summed E-state index contributed by atoms with van der Waals surface area (Å²) in [4.78, 5) is 16.2. The van der Waals surface area contributed by atoms with Gasteiger partial charge >= 0.3 is 0 Å². The lowest BCUT2D eigenvalue weighted by atomic mass is 10.1. The zero-order chi connectivity index (χ0) is 16.8. The summed E-state index contributed by atoms with van der Waals surface area (Å²) in [6.07, 6.45) is 5.69. The van der Waals surface area contributed by atoms with Crippen molar-refractivity contribution < 1.29 is 0 Å². The molecule has 0 aliphatic carbocycles. The molecule has 0 unspecified atom stereocenters. The lowest BCUT2D eigenvalue weighted by Crippen LogP contribution is -2.46. The maximum absolute atomic E-state index is 6.11. The summed E-state index contributed by atoms with van der Waals surface area (Å²) in [6.45, 7) is 10.4. The van der Waals surface area contributed by atoms with E-state index in [9.17, 15) is 0 Å². The van der Waals surface area contributed by atoms with Crippen LogP contribution in [-0.4, -0.2) is 66.6 Å². The van der Waals surface area contributed by atoms with Gasteiger partial charge in [0.25, 0.3) is 0 Å². The van der Waals surface area contributed by atoms with Crippen molar-refractivity contribution in [2.75, 3.05) is 50.7 Å². The second kappa shape index (κ2) is 10.2. The Kier molecular flexibility index (Phi) is 8.21. The molecular weight excluding hydrogens is 427 g/mol. The molecule has 0 atom stereocenters. The van der Waals surface area contributed by atoms with Gasteiger partial charge in [-0.3, -0.25) is 0 Å². The molecule has 0 spiro atoms. The molecule has 140 valence electrons. The Morgan fingerprint density at radius 2 is 1.80 bits per heavy atom. The number of pyridine rings is 1. The number of hydrogen-bond donors (Lipinski definition) is 1. The maximum atomic E-state index is 6.11. The van der Waals surface area contributed by atoms with Gasteiger partial charge in [-0.15, -0.1) is 24.0 Å². The van der Waals surface area contributed by atoms with E-state index >= 15 is 0 Å². The van der Waals surface area contributed by atoms with Crippen molar-refractivity contribution in [3.8, 4) is 0 Å². The molecule has 0 saturated carbocycles. The van der Waals surface area contributed by atoms with Crippen LogP contribution in [-0.2, 0) is 6.54 Å². The Labute approximate surface area is 168 Å². The van der Waals surface area contributed by atoms with E-state index in [1.807, 2.05) is 6.20 Å². The van der Waals surface area contributed by atoms with Gasteiger partial charge in [-0.25, -0.2) is 9.98 Å². The van der Waals surface area contributed by atoms with E-state index in [-0.39, 0.29) is 24.0 Å². The molecule has 2 aliphatic rings. The number of likely N-dealkylation sites (N-methyl/N-ethyl adjacent to an activating group) is 1. The minimum Gasteiger partial charge on any atom is -0.370 e. The topological polar surface area (TPSA) is 61.0 Å². The lowest BCUT2D eigenvalue weighted by Gasteiger charge is -2.34. The molecule has 2 fully saturated rings. The number of hydrogen-bond acceptors (Lipinski definition) is 4. The van der Waals surface area contributed by atoms with Crippen molar-refractivity contribution in [3.63, 3.8) is 0 Å². The Morgan fingerprint density at radius 3 is 2.40 bits per heavy atom. The quantitative estimate of drug-likeness (QED) is 0.426. The van der Waals surface area contributed by atoms with Crippen LogP contribution in [0.2, 0.25) is 0 Å². The Bertz CT molecular complexity index is 533. The first kappa shape index (κ1) is 20.2. The Hall–Kier alpha value is -1.09. The summed E-state index contributed by atoms with van der Waals surface area (Å²) in [5, 5.41) is 0. The van der Waals surface area contributed by atoms with Crippen molar-refractivity contribution >= 4 is 35.8 Å². The molecule has 6 nitrogen and oxygen atoms in total. The van der Waals surface area contributed by atoms with Gasteiger partial charge in [0.1, 0.15) is 5.82 Å². The van der Waals surface area contributed by atoms with E-state index in [1.165, 1.54) is 19.3 Å². The third-order valence-corrected chi connectivity index (χ3v) is 5.06. The monoisotopic (exact) mass is 458 g/mol. The van der Waals surface area contributed by atoms with Crippen molar-refractivity contribution in [2.45, 2.75) is 32.7 Å². The number of nitrogens with two attached hydrogens (primary N) is 1. The zero-order valence-electron chi connectivity index (χ0n) is 15.2. The van der Waals surface area contributed by atoms with Gasteiger partial charge in [-0.1, -0.05) is 13.0 Å². The first-order valence-corrected chi connectivity index (χ1v) is 9.23. The first-order valence-electron chi connectivity index (χ1n) is 9.23. The molecule has 3 heterocycles. The minimum atomic E-state index is 0. The fraction of sp³-hybridized carbons (Fsp3) is 0.667. The molecule has 2 N–H and O–H groups in total. The number of halogens is 1. The van der Waals surface area contributed by atoms with Crippen LogP contribution in [0.25, 0.3) is 0 Å². The summed E-state index contributed by atoms with van der Waals surface area (Å²) < 4.78 is 0. The highest BCUT2D eigenvalue weighted by atomic mass is 127. The van der Waals surface area contributed by atoms with E-state index in [0.29, 0.717) is 12.5 Å². The highest BCUT2D eigenvalue weighted by Crippen LogP contribution is 2.15. The predicted octanol–water partition coefficient (Wildman–Crippen LogP) is 2.14. The zero-order valence-corrected chi connectivity index (χ0v) is 17.6. The number of aromatic nitrogens is 1. The van der Waals surface area contributed by atoms with Crippen molar-refractivity contribution in [3.05, 3.63) is 23.9 Å². The van der Waals surface area contributed by atoms with Gasteiger partial charge in [-0.2, -0.15) is 0 Å². The van der Waals surface area contributed by atoms with Crippen LogP contribution < -0.4 is 10.6 Å². The third-order valence-electron chi connectivity index (χ3n) is 5.06. The summed E-state index contributed by atoms with van der Waals surface area (Å²) >= 11 is 0. The normalized spacial score (nSPS) is 19.6. The molecule has 7 heteroatoms. The molecule has 2 saturated heterocycles. The molecule has 0 amide bonds. The van der Waals surface area contributed by atoms with Crippen molar-refractivity contribution in [1.29, 1.82) is 0 Å². The number of piperazine rings is 1. The third kappa shape index (κ3) is 5.70. The second-order valence-corrected chi connectivity index (χ2v) is 6.67. The molecule has 0 radical (unpaired) electrons. The Balaban J connectivity index is 0.00000225. The molecule has 0 bridgehead atoms. The summed E-state index contributed by atoms with van der Waals surface area (Å²) in [5.41, 5.74) is 7.23. The van der Waals surface area contributed by atoms with Crippen molar-refractivity contribution in [2.24, 2.45) is 10.7 Å². The number of nitrogens with zero attached hydrogens (tertiary/aromatic N) is 5. The largest absolute Gasteiger partial charge is 0.370 e. The van der Waals surface area contributed by atoms with Crippen LogP contribution >= 0.6 is 24.0 Å². The molecule has 0 aromatic carbocycles. The predicted molar refractivity (Wildman–Crippen MR) is 115 cm³/mol. The number of aliphatic imine (C=N–C) groups is 1. The van der Waals surface area contributed by atoms with Gasteiger partial charge in [0, 0.05) is 45.5 Å². The summed E-state index contributed by atoms with van der Waals surface area (Å²) in [7, 11) is 0. The summed E-state index contributed by atoms with van der Waals surface area (Å²) in [6, 6.07) is 4.24. The van der Waals surface area contributed by atoms with Crippen LogP contribution in [0.4, 0.5) is 5.82 Å². The molecule has 1 aromatic rings. The van der Waals surface area contributed by atoms with E-state index < -0.39 is 0 Å². The van der Waals surface area contributed by atoms with Crippen LogP contribution in [0.1, 0.15) is 31.7 Å². The highest BCUT2D eigenvalue weighted by Gasteiger charge is 2.16. The fourth-order valence-electron chi connectivity index (χ4n) is 3.39. The van der Waals surface area contributed by atoms with E-state index in [2.05, 4.69) is 43.7 Å². The van der Waals surface area contributed by atoms with Crippen molar-refractivity contribution in [1.82, 2.24) is 14.8 Å². The minimum absolute atomic E-state index is 0. The van der Waals surface area contributed by atoms with Gasteiger partial charge in [0.15, 0.2) is 5.96 Å². The smallest absolute Gasteiger partial charge is 0.191 e. The standard InChI is InChI=1S/C18H30N6.HI/c1-2-22-10-12-23(13-11-22)17-7-6-16(14-20-17)15-21-18(19)24-8-4-3-5-9-24;/h6-7,14H,2-5,8-13,15H2,1H3,(H2,19,21);1H. The number of likely N-dealkylation sites (tertiary alicyclic amines) is 1. The van der Waals surface area contributed by atoms with Gasteiger partial charge in [0.05, 0.1) is 6.54 Å². The number of guanidine groups is 1. The van der Waals surface area contributed by atoms with Crippen LogP contribution in [0.3, 0.4) is 0 Å². The fourth-order valence-corrected chi connectivity index (χ4v) is 3.39. The maximum Gasteiger partial charge on any atom is 0.191 e. The van der Waals surface area contributed by atoms with E-state index in [0.717, 1.165) is 57.2 Å². The average Bonchev–Trinajstić information content (AvgIpc) is 2.67. The molecule has 2 aliphatic heterocycles. The molecule has 1 aromatic heterocycles. The second-order valence-electron chi connectivity index (χ2n) is 6.67. The van der Waals surface area contributed by atoms with Crippen LogP contribution in [0.5, 0.6) is 0 Å². The van der Waals surface area contributed by atoms with E-state index in [4.69, 9.17) is 5.73 Å². The van der Waals surface area contributed by atoms with E-state index in [1.54, 1.807) is 0 Å². The summed E-state index contributed by atoms with van der Waals surface area (Å²) in [5.74, 6) is 1.75. The lowest BCUT2D eigenvalue weighted by molar-refractivity contribution is 0.270. The van der Waals surface area contributed by atoms with Gasteiger partial charge < -0.3 is 20.4 Å². The molecular formula is C18H31IN6. The van der Waals surface area contributed by atoms with Crippen LogP contribution in [0, 0.1) is 0 Å². The van der Waals surface area contributed by atoms with Gasteiger partial charge in [0.2, 0.25) is 0 Å².